The molecule has 6 aromatic carbocycles. The van der Waals surface area contributed by atoms with Crippen LogP contribution in [0.3, 0.4) is 0 Å². The number of anilines is 3. The van der Waals surface area contributed by atoms with Crippen molar-refractivity contribution in [3.63, 3.8) is 0 Å². The molecular formula is C48H45NO. The summed E-state index contributed by atoms with van der Waals surface area (Å²) in [6.45, 7) is 7.25. The third kappa shape index (κ3) is 4.99. The molecule has 0 amide bonds. The Morgan fingerprint density at radius 3 is 2.18 bits per heavy atom. The average molecular weight is 652 g/mol. The minimum absolute atomic E-state index is 0.0699. The normalized spacial score (nSPS) is 19.7. The lowest BCUT2D eigenvalue weighted by molar-refractivity contribution is 0.146. The Hall–Kier alpha value is -5.08. The van der Waals surface area contributed by atoms with Gasteiger partial charge in [0, 0.05) is 22.2 Å². The molecule has 0 N–H and O–H groups in total. The van der Waals surface area contributed by atoms with Gasteiger partial charge < -0.3 is 9.32 Å². The first-order valence-electron chi connectivity index (χ1n) is 18.6. The summed E-state index contributed by atoms with van der Waals surface area (Å²) in [6.07, 6.45) is 6.41. The van der Waals surface area contributed by atoms with Gasteiger partial charge in [0.15, 0.2) is 0 Å². The molecule has 2 nitrogen and oxygen atoms in total. The molecule has 2 aliphatic carbocycles. The van der Waals surface area contributed by atoms with Crippen molar-refractivity contribution in [3.05, 3.63) is 151 Å². The van der Waals surface area contributed by atoms with Crippen molar-refractivity contribution in [2.75, 3.05) is 4.90 Å². The van der Waals surface area contributed by atoms with Crippen molar-refractivity contribution >= 4 is 39.0 Å². The smallest absolute Gasteiger partial charge is 0.137 e. The third-order valence-electron chi connectivity index (χ3n) is 11.9. The van der Waals surface area contributed by atoms with E-state index < -0.39 is 0 Å². The van der Waals surface area contributed by atoms with E-state index in [0.717, 1.165) is 45.1 Å². The van der Waals surface area contributed by atoms with Gasteiger partial charge in [-0.1, -0.05) is 131 Å². The highest BCUT2D eigenvalue weighted by Crippen LogP contribution is 2.60. The number of furan rings is 1. The lowest BCUT2D eigenvalue weighted by Crippen LogP contribution is -2.38. The summed E-state index contributed by atoms with van der Waals surface area (Å²) in [4.78, 5) is 2.45. The lowest BCUT2D eigenvalue weighted by atomic mass is 9.58. The van der Waals surface area contributed by atoms with Gasteiger partial charge in [0.25, 0.3) is 0 Å². The van der Waals surface area contributed by atoms with Gasteiger partial charge in [-0.3, -0.25) is 0 Å². The van der Waals surface area contributed by atoms with E-state index in [0.29, 0.717) is 5.92 Å². The number of para-hydroxylation sites is 1. The molecule has 2 aliphatic rings. The van der Waals surface area contributed by atoms with Gasteiger partial charge in [-0.25, -0.2) is 0 Å². The molecule has 1 spiro atoms. The van der Waals surface area contributed by atoms with Crippen LogP contribution >= 0.6 is 0 Å². The van der Waals surface area contributed by atoms with E-state index in [2.05, 4.69) is 165 Å². The fourth-order valence-corrected chi connectivity index (χ4v) is 9.59. The molecule has 1 saturated carbocycles. The zero-order chi connectivity index (χ0) is 33.8. The Kier molecular flexibility index (Phi) is 7.65. The quantitative estimate of drug-likeness (QED) is 0.170. The Morgan fingerprint density at radius 1 is 0.660 bits per heavy atom. The second-order valence-corrected chi connectivity index (χ2v) is 15.2. The topological polar surface area (TPSA) is 16.4 Å². The Labute approximate surface area is 296 Å². The van der Waals surface area contributed by atoms with Crippen LogP contribution in [-0.4, -0.2) is 0 Å². The van der Waals surface area contributed by atoms with Gasteiger partial charge in [0.2, 0.25) is 0 Å². The monoisotopic (exact) mass is 651 g/mol. The molecular weight excluding hydrogens is 607 g/mol. The van der Waals surface area contributed by atoms with E-state index in [4.69, 9.17) is 4.42 Å². The molecule has 50 heavy (non-hydrogen) atoms. The molecule has 0 saturated heterocycles. The number of benzene rings is 6. The van der Waals surface area contributed by atoms with Gasteiger partial charge in [0.1, 0.15) is 11.2 Å². The highest BCUT2D eigenvalue weighted by Gasteiger charge is 2.49. The van der Waals surface area contributed by atoms with Crippen LogP contribution in [-0.2, 0) is 5.41 Å². The summed E-state index contributed by atoms with van der Waals surface area (Å²) >= 11 is 0. The minimum atomic E-state index is 0.0699. The van der Waals surface area contributed by atoms with E-state index in [9.17, 15) is 0 Å². The first kappa shape index (κ1) is 30.9. The maximum atomic E-state index is 6.42. The van der Waals surface area contributed by atoms with Crippen molar-refractivity contribution in [1.29, 1.82) is 0 Å². The predicted molar refractivity (Wildman–Crippen MR) is 211 cm³/mol. The molecule has 248 valence electrons. The predicted octanol–water partition coefficient (Wildman–Crippen LogP) is 13.9. The van der Waals surface area contributed by atoms with Gasteiger partial charge in [-0.15, -0.1) is 0 Å². The molecule has 0 radical (unpaired) electrons. The van der Waals surface area contributed by atoms with Crippen LogP contribution in [0.1, 0.15) is 64.0 Å². The molecule has 1 aromatic heterocycles. The standard InChI is InChI=1S/C48H45NO/c1-4-13-33-28-36(32(2)3)31-48(30-33)42-18-10-8-16-39(42)41-29-38(26-27-43(41)48)49(37-24-22-35(23-25-37)34-14-6-5-7-15-34)44-19-12-21-46-47(44)40-17-9-11-20-45(40)50-46/h5-12,14-27,29,32-33,36H,4,13,28,30-31H2,1-3H3/t33?,36-,48-/m1/s1. The molecule has 0 bridgehead atoms. The molecule has 7 aromatic rings. The van der Waals surface area contributed by atoms with E-state index in [1.54, 1.807) is 5.56 Å². The molecule has 9 rings (SSSR count). The van der Waals surface area contributed by atoms with E-state index in [-0.39, 0.29) is 5.41 Å². The maximum Gasteiger partial charge on any atom is 0.137 e. The number of hydrogen-bond acceptors (Lipinski definition) is 2. The van der Waals surface area contributed by atoms with Crippen LogP contribution in [0.25, 0.3) is 44.2 Å². The minimum Gasteiger partial charge on any atom is -0.456 e. The summed E-state index contributed by atoms with van der Waals surface area (Å²) < 4.78 is 6.42. The van der Waals surface area contributed by atoms with Gasteiger partial charge >= 0.3 is 0 Å². The number of fused-ring (bicyclic) bond motifs is 8. The van der Waals surface area contributed by atoms with Crippen LogP contribution in [0.5, 0.6) is 0 Å². The molecule has 1 unspecified atom stereocenters. The molecule has 0 aliphatic heterocycles. The average Bonchev–Trinajstić information content (AvgIpc) is 3.66. The zero-order valence-corrected chi connectivity index (χ0v) is 29.4. The second kappa shape index (κ2) is 12.4. The van der Waals surface area contributed by atoms with Crippen LogP contribution < -0.4 is 4.90 Å². The zero-order valence-electron chi connectivity index (χ0n) is 29.4. The fraction of sp³-hybridized carbons (Fsp3) is 0.250. The van der Waals surface area contributed by atoms with Crippen molar-refractivity contribution in [2.24, 2.45) is 17.8 Å². The van der Waals surface area contributed by atoms with E-state index in [1.165, 1.54) is 65.6 Å². The highest BCUT2D eigenvalue weighted by atomic mass is 16.3. The number of nitrogens with zero attached hydrogens (tertiary/aromatic N) is 1. The Morgan fingerprint density at radius 2 is 1.36 bits per heavy atom. The van der Waals surface area contributed by atoms with Crippen molar-refractivity contribution < 1.29 is 4.42 Å². The fourth-order valence-electron chi connectivity index (χ4n) is 9.59. The Bertz CT molecular complexity index is 2310. The molecule has 1 fully saturated rings. The molecule has 3 atom stereocenters. The Balaban J connectivity index is 1.24. The third-order valence-corrected chi connectivity index (χ3v) is 11.9. The van der Waals surface area contributed by atoms with Crippen molar-refractivity contribution in [1.82, 2.24) is 0 Å². The van der Waals surface area contributed by atoms with Crippen LogP contribution in [0.2, 0.25) is 0 Å². The maximum absolute atomic E-state index is 6.42. The first-order valence-corrected chi connectivity index (χ1v) is 18.6. The van der Waals surface area contributed by atoms with E-state index >= 15 is 0 Å². The first-order chi connectivity index (χ1) is 24.5. The number of rotatable bonds is 7. The van der Waals surface area contributed by atoms with E-state index in [1.807, 2.05) is 0 Å². The molecule has 1 heterocycles. The number of hydrogen-bond donors (Lipinski definition) is 0. The second-order valence-electron chi connectivity index (χ2n) is 15.2. The summed E-state index contributed by atoms with van der Waals surface area (Å²) in [5.41, 5.74) is 13.6. The van der Waals surface area contributed by atoms with Crippen LogP contribution in [0, 0.1) is 17.8 Å². The van der Waals surface area contributed by atoms with Crippen molar-refractivity contribution in [2.45, 2.75) is 58.3 Å². The largest absolute Gasteiger partial charge is 0.456 e. The lowest BCUT2D eigenvalue weighted by Gasteiger charge is -2.45. The summed E-state index contributed by atoms with van der Waals surface area (Å²) in [5.74, 6) is 2.17. The summed E-state index contributed by atoms with van der Waals surface area (Å²) in [6, 6.07) is 51.3. The van der Waals surface area contributed by atoms with Gasteiger partial charge in [-0.2, -0.15) is 0 Å². The van der Waals surface area contributed by atoms with Crippen LogP contribution in [0.15, 0.2) is 144 Å². The van der Waals surface area contributed by atoms with Gasteiger partial charge in [0.05, 0.1) is 11.1 Å². The SMILES string of the molecule is CCCC1C[C@@H](C(C)C)C[C@]2(C1)c1ccccc1-c1cc(N(c3ccc(-c4ccccc4)cc3)c3cccc4oc5ccccc5c34)ccc12. The molecule has 2 heteroatoms. The summed E-state index contributed by atoms with van der Waals surface area (Å²) in [7, 11) is 0. The van der Waals surface area contributed by atoms with Crippen LogP contribution in [0.4, 0.5) is 17.1 Å². The van der Waals surface area contributed by atoms with Crippen molar-refractivity contribution in [3.8, 4) is 22.3 Å². The highest BCUT2D eigenvalue weighted by molar-refractivity contribution is 6.13. The summed E-state index contributed by atoms with van der Waals surface area (Å²) in [5, 5.41) is 2.28. The van der Waals surface area contributed by atoms with Gasteiger partial charge in [-0.05, 0) is 113 Å².